The van der Waals surface area contributed by atoms with Crippen LogP contribution in [0.15, 0.2) is 64.5 Å². The number of methoxy groups -OCH3 is 1. The molecule has 0 atom stereocenters. The second-order valence-electron chi connectivity index (χ2n) is 6.33. The molecule has 1 saturated heterocycles. The summed E-state index contributed by atoms with van der Waals surface area (Å²) in [6, 6.07) is 16.1. The zero-order valence-electron chi connectivity index (χ0n) is 15.7. The van der Waals surface area contributed by atoms with Crippen LogP contribution in [0.2, 0.25) is 0 Å². The van der Waals surface area contributed by atoms with Crippen molar-refractivity contribution in [2.24, 2.45) is 4.99 Å². The van der Waals surface area contributed by atoms with Crippen LogP contribution in [0.4, 0.5) is 11.4 Å². The smallest absolute Gasteiger partial charge is 0.315 e. The van der Waals surface area contributed by atoms with Gasteiger partial charge in [-0.15, -0.1) is 0 Å². The molecular formula is C21H15N3O5S. The van der Waals surface area contributed by atoms with Crippen LogP contribution < -0.4 is 10.1 Å². The Morgan fingerprint density at radius 2 is 1.97 bits per heavy atom. The van der Waals surface area contributed by atoms with E-state index in [4.69, 9.17) is 4.74 Å². The van der Waals surface area contributed by atoms with Gasteiger partial charge in [0.1, 0.15) is 0 Å². The Morgan fingerprint density at radius 1 is 1.20 bits per heavy atom. The van der Waals surface area contributed by atoms with Gasteiger partial charge in [0, 0.05) is 11.5 Å². The molecule has 0 radical (unpaired) electrons. The molecule has 1 heterocycles. The maximum atomic E-state index is 12.4. The van der Waals surface area contributed by atoms with Crippen molar-refractivity contribution in [3.05, 3.63) is 75.2 Å². The molecule has 8 nitrogen and oxygen atoms in total. The highest BCUT2D eigenvalue weighted by molar-refractivity contribution is 8.18. The molecular weight excluding hydrogens is 406 g/mol. The highest BCUT2D eigenvalue weighted by Crippen LogP contribution is 2.38. The molecule has 0 saturated carbocycles. The Balaban J connectivity index is 1.69. The van der Waals surface area contributed by atoms with Crippen molar-refractivity contribution in [2.45, 2.75) is 0 Å². The van der Waals surface area contributed by atoms with Crippen LogP contribution in [0.25, 0.3) is 16.8 Å². The molecule has 0 spiro atoms. The molecule has 0 aliphatic carbocycles. The summed E-state index contributed by atoms with van der Waals surface area (Å²) in [5.41, 5.74) is 0.564. The van der Waals surface area contributed by atoms with Gasteiger partial charge in [-0.25, -0.2) is 4.99 Å². The Bertz CT molecular complexity index is 1250. The third-order valence-electron chi connectivity index (χ3n) is 4.43. The summed E-state index contributed by atoms with van der Waals surface area (Å²) in [7, 11) is 1.29. The van der Waals surface area contributed by atoms with Gasteiger partial charge in [-0.2, -0.15) is 0 Å². The maximum Gasteiger partial charge on any atom is 0.315 e. The van der Waals surface area contributed by atoms with E-state index in [-0.39, 0.29) is 11.7 Å². The zero-order valence-corrected chi connectivity index (χ0v) is 16.5. The molecule has 9 heteroatoms. The van der Waals surface area contributed by atoms with Crippen molar-refractivity contribution in [3.8, 4) is 11.5 Å². The minimum Gasteiger partial charge on any atom is -0.500 e. The average molecular weight is 421 g/mol. The van der Waals surface area contributed by atoms with E-state index >= 15 is 0 Å². The summed E-state index contributed by atoms with van der Waals surface area (Å²) < 4.78 is 4.99. The monoisotopic (exact) mass is 421 g/mol. The largest absolute Gasteiger partial charge is 0.500 e. The number of aliphatic imine (C=N–C) groups is 1. The highest BCUT2D eigenvalue weighted by Gasteiger charge is 2.25. The van der Waals surface area contributed by atoms with E-state index in [1.165, 1.54) is 25.3 Å². The number of thioether (sulfide) groups is 1. The first-order valence-electron chi connectivity index (χ1n) is 8.79. The predicted octanol–water partition coefficient (Wildman–Crippen LogP) is 4.35. The number of phenols is 1. The van der Waals surface area contributed by atoms with E-state index in [9.17, 15) is 20.0 Å². The SMILES string of the molecule is COc1cc(/C=C2/SC(=Nc3cccc4ccccc34)NC2=O)cc([N+](=O)[O-])c1O. The van der Waals surface area contributed by atoms with Crippen molar-refractivity contribution < 1.29 is 19.6 Å². The first-order chi connectivity index (χ1) is 14.5. The number of hydrogen-bond acceptors (Lipinski definition) is 7. The first kappa shape index (κ1) is 19.5. The third-order valence-corrected chi connectivity index (χ3v) is 5.34. The van der Waals surface area contributed by atoms with Crippen molar-refractivity contribution >= 4 is 51.1 Å². The lowest BCUT2D eigenvalue weighted by Crippen LogP contribution is -2.19. The van der Waals surface area contributed by atoms with E-state index in [0.717, 1.165) is 28.2 Å². The first-order valence-corrected chi connectivity index (χ1v) is 9.60. The Kier molecular flexibility index (Phi) is 5.11. The Morgan fingerprint density at radius 3 is 2.73 bits per heavy atom. The number of carbonyl (C=O) groups is 1. The number of nitro benzene ring substituents is 1. The summed E-state index contributed by atoms with van der Waals surface area (Å²) in [4.78, 5) is 27.7. The van der Waals surface area contributed by atoms with E-state index in [2.05, 4.69) is 10.3 Å². The van der Waals surface area contributed by atoms with Crippen LogP contribution in [-0.4, -0.2) is 28.2 Å². The lowest BCUT2D eigenvalue weighted by Gasteiger charge is -2.05. The Labute approximate surface area is 175 Å². The molecule has 2 N–H and O–H groups in total. The molecule has 150 valence electrons. The van der Waals surface area contributed by atoms with Crippen molar-refractivity contribution in [3.63, 3.8) is 0 Å². The summed E-state index contributed by atoms with van der Waals surface area (Å²) in [6.45, 7) is 0. The number of rotatable bonds is 4. The molecule has 1 fully saturated rings. The van der Waals surface area contributed by atoms with E-state index in [1.807, 2.05) is 42.5 Å². The molecule has 3 aromatic carbocycles. The van der Waals surface area contributed by atoms with Crippen molar-refractivity contribution in [2.75, 3.05) is 7.11 Å². The van der Waals surface area contributed by atoms with Gasteiger partial charge in [0.15, 0.2) is 10.9 Å². The summed E-state index contributed by atoms with van der Waals surface area (Å²) in [5.74, 6) is -0.982. The average Bonchev–Trinajstić information content (AvgIpc) is 3.07. The number of aromatic hydroxyl groups is 1. The third kappa shape index (κ3) is 3.70. The standard InChI is InChI=1S/C21H15N3O5S/c1-29-17-10-12(9-16(19(17)25)24(27)28)11-18-20(26)23-21(30-18)22-15-8-4-6-13-5-2-3-7-14(13)15/h2-11,25H,1H3,(H,22,23,26)/b18-11+. The maximum absolute atomic E-state index is 12.4. The fourth-order valence-electron chi connectivity index (χ4n) is 3.04. The number of nitrogens with one attached hydrogen (secondary N) is 1. The van der Waals surface area contributed by atoms with Gasteiger partial charge in [0.25, 0.3) is 5.91 Å². The zero-order chi connectivity index (χ0) is 21.3. The quantitative estimate of drug-likeness (QED) is 0.368. The van der Waals surface area contributed by atoms with Gasteiger partial charge in [-0.05, 0) is 40.9 Å². The predicted molar refractivity (Wildman–Crippen MR) is 116 cm³/mol. The van der Waals surface area contributed by atoms with Crippen molar-refractivity contribution in [1.29, 1.82) is 0 Å². The Hall–Kier alpha value is -3.85. The van der Waals surface area contributed by atoms with Gasteiger partial charge in [0.05, 0.1) is 22.6 Å². The number of phenolic OH excluding ortho intramolecular Hbond substituents is 1. The molecule has 0 bridgehead atoms. The fraction of sp³-hybridized carbons (Fsp3) is 0.0476. The van der Waals surface area contributed by atoms with E-state index in [1.54, 1.807) is 0 Å². The van der Waals surface area contributed by atoms with Crippen LogP contribution in [0.3, 0.4) is 0 Å². The second kappa shape index (κ2) is 7.88. The number of hydrogen-bond donors (Lipinski definition) is 2. The number of nitrogens with zero attached hydrogens (tertiary/aromatic N) is 2. The van der Waals surface area contributed by atoms with Crippen LogP contribution in [0.1, 0.15) is 5.56 Å². The molecule has 1 aliphatic rings. The van der Waals surface area contributed by atoms with Crippen LogP contribution >= 0.6 is 11.8 Å². The molecule has 3 aromatic rings. The van der Waals surface area contributed by atoms with Gasteiger partial charge in [0.2, 0.25) is 5.75 Å². The number of amides is 1. The summed E-state index contributed by atoms with van der Waals surface area (Å²) >= 11 is 1.13. The highest BCUT2D eigenvalue weighted by atomic mass is 32.2. The minimum absolute atomic E-state index is 0.0518. The number of nitro groups is 1. The number of carbonyl (C=O) groups excluding carboxylic acids is 1. The van der Waals surface area contributed by atoms with E-state index < -0.39 is 16.4 Å². The second-order valence-corrected chi connectivity index (χ2v) is 7.36. The number of fused-ring (bicyclic) bond motifs is 1. The van der Waals surface area contributed by atoms with Crippen LogP contribution in [0, 0.1) is 10.1 Å². The van der Waals surface area contributed by atoms with Gasteiger partial charge in [-0.1, -0.05) is 36.4 Å². The lowest BCUT2D eigenvalue weighted by molar-refractivity contribution is -0.386. The topological polar surface area (TPSA) is 114 Å². The van der Waals surface area contributed by atoms with Crippen LogP contribution in [-0.2, 0) is 4.79 Å². The molecule has 30 heavy (non-hydrogen) atoms. The normalized spacial score (nSPS) is 16.2. The molecule has 0 aromatic heterocycles. The van der Waals surface area contributed by atoms with Crippen molar-refractivity contribution in [1.82, 2.24) is 5.32 Å². The number of amidine groups is 1. The van der Waals surface area contributed by atoms with Gasteiger partial charge < -0.3 is 15.2 Å². The number of benzene rings is 3. The van der Waals surface area contributed by atoms with Crippen LogP contribution in [0.5, 0.6) is 11.5 Å². The fourth-order valence-corrected chi connectivity index (χ4v) is 3.87. The molecule has 4 rings (SSSR count). The van der Waals surface area contributed by atoms with Gasteiger partial charge in [-0.3, -0.25) is 14.9 Å². The van der Waals surface area contributed by atoms with E-state index in [0.29, 0.717) is 15.6 Å². The summed E-state index contributed by atoms with van der Waals surface area (Å²) in [5, 5.41) is 26.2. The molecule has 1 aliphatic heterocycles. The minimum atomic E-state index is -0.713. The summed E-state index contributed by atoms with van der Waals surface area (Å²) in [6.07, 6.45) is 1.49. The number of ether oxygens (including phenoxy) is 1. The molecule has 1 amide bonds. The van der Waals surface area contributed by atoms with Gasteiger partial charge >= 0.3 is 5.69 Å². The molecule has 0 unspecified atom stereocenters. The lowest BCUT2D eigenvalue weighted by atomic mass is 10.1.